The molecule has 3 rings (SSSR count). The number of nitrogens with one attached hydrogen (secondary N) is 1. The number of anilines is 1. The summed E-state index contributed by atoms with van der Waals surface area (Å²) in [4.78, 5) is 38.3. The van der Waals surface area contributed by atoms with Crippen LogP contribution >= 0.6 is 0 Å². The van der Waals surface area contributed by atoms with Crippen LogP contribution < -0.4 is 15.0 Å². The van der Waals surface area contributed by atoms with E-state index in [1.165, 1.54) is 4.90 Å². The highest BCUT2D eigenvalue weighted by atomic mass is 16.5. The first-order chi connectivity index (χ1) is 13.0. The van der Waals surface area contributed by atoms with E-state index in [1.54, 1.807) is 61.5 Å². The van der Waals surface area contributed by atoms with Gasteiger partial charge in [-0.3, -0.25) is 14.5 Å². The highest BCUT2D eigenvalue weighted by Gasteiger charge is 2.41. The minimum Gasteiger partial charge on any atom is -0.482 e. The van der Waals surface area contributed by atoms with E-state index in [1.807, 2.05) is 0 Å². The van der Waals surface area contributed by atoms with Crippen LogP contribution in [0.4, 0.5) is 5.69 Å². The molecule has 0 bridgehead atoms. The van der Waals surface area contributed by atoms with E-state index in [0.29, 0.717) is 17.0 Å². The summed E-state index contributed by atoms with van der Waals surface area (Å²) in [6, 6.07) is 15.4. The number of para-hydroxylation sites is 2. The summed E-state index contributed by atoms with van der Waals surface area (Å²) in [5.74, 6) is -1.57. The Morgan fingerprint density at radius 2 is 1.81 bits per heavy atom. The lowest BCUT2D eigenvalue weighted by Crippen LogP contribution is -2.55. The van der Waals surface area contributed by atoms with Crippen LogP contribution in [0, 0.1) is 0 Å². The Bertz CT molecular complexity index is 868. The highest BCUT2D eigenvalue weighted by Crippen LogP contribution is 2.31. The summed E-state index contributed by atoms with van der Waals surface area (Å²) in [5, 5.41) is 12.4. The summed E-state index contributed by atoms with van der Waals surface area (Å²) in [7, 11) is 0. The van der Waals surface area contributed by atoms with Crippen molar-refractivity contribution >= 4 is 23.5 Å². The molecule has 0 aliphatic carbocycles. The number of amides is 2. The summed E-state index contributed by atoms with van der Waals surface area (Å²) >= 11 is 0. The van der Waals surface area contributed by atoms with Gasteiger partial charge in [-0.15, -0.1) is 0 Å². The van der Waals surface area contributed by atoms with Gasteiger partial charge in [0.1, 0.15) is 12.3 Å². The molecule has 0 spiro atoms. The normalized spacial score (nSPS) is 15.3. The van der Waals surface area contributed by atoms with Gasteiger partial charge in [0.15, 0.2) is 12.1 Å². The number of rotatable bonds is 6. The average molecular weight is 368 g/mol. The number of carboxylic acid groups (broad SMARTS) is 1. The van der Waals surface area contributed by atoms with Crippen LogP contribution in [0.2, 0.25) is 0 Å². The smallest absolute Gasteiger partial charge is 0.334 e. The molecule has 7 heteroatoms. The molecular formula is C20H20N2O5. The van der Waals surface area contributed by atoms with Crippen molar-refractivity contribution in [2.45, 2.75) is 18.9 Å². The molecule has 27 heavy (non-hydrogen) atoms. The van der Waals surface area contributed by atoms with Gasteiger partial charge in [-0.1, -0.05) is 49.4 Å². The largest absolute Gasteiger partial charge is 0.482 e. The van der Waals surface area contributed by atoms with Crippen LogP contribution in [-0.2, 0) is 19.9 Å². The maximum absolute atomic E-state index is 12.7. The number of carbonyl (C=O) groups is 3. The predicted molar refractivity (Wildman–Crippen MR) is 98.5 cm³/mol. The maximum atomic E-state index is 12.7. The molecule has 7 nitrogen and oxygen atoms in total. The van der Waals surface area contributed by atoms with Gasteiger partial charge < -0.3 is 15.2 Å². The molecule has 1 atom stereocenters. The number of benzene rings is 2. The van der Waals surface area contributed by atoms with Crippen LogP contribution in [0.1, 0.15) is 18.9 Å². The number of fused-ring (bicyclic) bond motifs is 1. The van der Waals surface area contributed by atoms with Crippen molar-refractivity contribution in [3.8, 4) is 5.75 Å². The lowest BCUT2D eigenvalue weighted by atomic mass is 9.87. The van der Waals surface area contributed by atoms with Gasteiger partial charge in [0, 0.05) is 0 Å². The summed E-state index contributed by atoms with van der Waals surface area (Å²) in [6.07, 6.45) is 0.158. The van der Waals surface area contributed by atoms with E-state index < -0.39 is 17.4 Å². The van der Waals surface area contributed by atoms with Crippen molar-refractivity contribution in [3.05, 3.63) is 60.2 Å². The molecule has 2 aromatic carbocycles. The molecule has 2 aromatic rings. The molecule has 0 aromatic heterocycles. The number of carbonyl (C=O) groups excluding carboxylic acids is 2. The zero-order valence-electron chi connectivity index (χ0n) is 14.8. The molecule has 2 amide bonds. The van der Waals surface area contributed by atoms with Crippen LogP contribution in [0.25, 0.3) is 0 Å². The first kappa shape index (κ1) is 18.4. The standard InChI is InChI=1S/C20H20N2O5/c1-2-20(19(25)26,14-8-4-3-5-9-14)21-17(23)12-22-15-10-6-7-11-16(15)27-13-18(22)24/h3-11H,2,12-13H2,1H3,(H,21,23)(H,25,26). The number of hydrogen-bond donors (Lipinski definition) is 2. The van der Waals surface area contributed by atoms with Crippen molar-refractivity contribution < 1.29 is 24.2 Å². The fourth-order valence-electron chi connectivity index (χ4n) is 3.16. The molecule has 0 saturated heterocycles. The van der Waals surface area contributed by atoms with Crippen molar-refractivity contribution in [2.75, 3.05) is 18.1 Å². The number of hydrogen-bond acceptors (Lipinski definition) is 4. The first-order valence-corrected chi connectivity index (χ1v) is 8.60. The fourth-order valence-corrected chi connectivity index (χ4v) is 3.16. The molecule has 1 aliphatic heterocycles. The van der Waals surface area contributed by atoms with Gasteiger partial charge in [0.2, 0.25) is 5.91 Å². The first-order valence-electron chi connectivity index (χ1n) is 8.60. The minimum absolute atomic E-state index is 0.158. The lowest BCUT2D eigenvalue weighted by molar-refractivity contribution is -0.148. The molecule has 0 fully saturated rings. The third kappa shape index (κ3) is 3.48. The Morgan fingerprint density at radius 3 is 2.48 bits per heavy atom. The van der Waals surface area contributed by atoms with Gasteiger partial charge in [-0.05, 0) is 24.1 Å². The minimum atomic E-state index is -1.56. The third-order valence-corrected chi connectivity index (χ3v) is 4.62. The van der Waals surface area contributed by atoms with E-state index >= 15 is 0 Å². The van der Waals surface area contributed by atoms with Gasteiger partial charge in [-0.25, -0.2) is 4.79 Å². The third-order valence-electron chi connectivity index (χ3n) is 4.62. The van der Waals surface area contributed by atoms with Gasteiger partial charge >= 0.3 is 5.97 Å². The Balaban J connectivity index is 1.85. The molecule has 0 saturated carbocycles. The van der Waals surface area contributed by atoms with Gasteiger partial charge in [0.25, 0.3) is 5.91 Å². The fraction of sp³-hybridized carbons (Fsp3) is 0.250. The lowest BCUT2D eigenvalue weighted by Gasteiger charge is -2.33. The molecule has 140 valence electrons. The van der Waals surface area contributed by atoms with E-state index in [2.05, 4.69) is 5.32 Å². The quantitative estimate of drug-likeness (QED) is 0.812. The Labute approximate surface area is 156 Å². The molecule has 1 unspecified atom stereocenters. The molecule has 1 aliphatic rings. The second kappa shape index (κ2) is 7.49. The molecular weight excluding hydrogens is 348 g/mol. The summed E-state index contributed by atoms with van der Waals surface area (Å²) < 4.78 is 5.36. The molecule has 2 N–H and O–H groups in total. The van der Waals surface area contributed by atoms with Crippen LogP contribution in [0.3, 0.4) is 0 Å². The van der Waals surface area contributed by atoms with Crippen LogP contribution in [0.5, 0.6) is 5.75 Å². The van der Waals surface area contributed by atoms with Crippen LogP contribution in [0.15, 0.2) is 54.6 Å². The highest BCUT2D eigenvalue weighted by molar-refractivity contribution is 6.02. The number of aliphatic carboxylic acids is 1. The summed E-state index contributed by atoms with van der Waals surface area (Å²) in [6.45, 7) is 1.23. The maximum Gasteiger partial charge on any atom is 0.334 e. The predicted octanol–water partition coefficient (Wildman–Crippen LogP) is 1.92. The number of carboxylic acids is 1. The molecule has 1 heterocycles. The second-order valence-electron chi connectivity index (χ2n) is 6.21. The number of ether oxygens (including phenoxy) is 1. The average Bonchev–Trinajstić information content (AvgIpc) is 2.69. The van der Waals surface area contributed by atoms with Crippen LogP contribution in [-0.4, -0.2) is 36.0 Å². The van der Waals surface area contributed by atoms with E-state index in [0.717, 1.165) is 0 Å². The van der Waals surface area contributed by atoms with E-state index in [9.17, 15) is 19.5 Å². The van der Waals surface area contributed by atoms with Gasteiger partial charge in [-0.2, -0.15) is 0 Å². The van der Waals surface area contributed by atoms with Crippen molar-refractivity contribution in [1.29, 1.82) is 0 Å². The van der Waals surface area contributed by atoms with Crippen molar-refractivity contribution in [1.82, 2.24) is 5.32 Å². The zero-order valence-corrected chi connectivity index (χ0v) is 14.8. The monoisotopic (exact) mass is 368 g/mol. The zero-order chi connectivity index (χ0) is 19.4. The van der Waals surface area contributed by atoms with Crippen molar-refractivity contribution in [3.63, 3.8) is 0 Å². The van der Waals surface area contributed by atoms with Gasteiger partial charge in [0.05, 0.1) is 5.69 Å². The topological polar surface area (TPSA) is 95.9 Å². The number of nitrogens with zero attached hydrogens (tertiary/aromatic N) is 1. The Kier molecular flexibility index (Phi) is 5.12. The Hall–Kier alpha value is -3.35. The Morgan fingerprint density at radius 1 is 1.15 bits per heavy atom. The second-order valence-corrected chi connectivity index (χ2v) is 6.21. The SMILES string of the molecule is CCC(NC(=O)CN1C(=O)COc2ccccc21)(C(=O)O)c1ccccc1. The van der Waals surface area contributed by atoms with Crippen molar-refractivity contribution in [2.24, 2.45) is 0 Å². The molecule has 0 radical (unpaired) electrons. The van der Waals surface area contributed by atoms with E-state index in [-0.39, 0.29) is 25.5 Å². The summed E-state index contributed by atoms with van der Waals surface area (Å²) in [5.41, 5.74) is -0.601. The van der Waals surface area contributed by atoms with E-state index in [4.69, 9.17) is 4.74 Å².